The van der Waals surface area contributed by atoms with Crippen LogP contribution in [0.4, 0.5) is 5.82 Å². The number of nitrogens with two attached hydrogens (primary N) is 1. The Kier molecular flexibility index (Phi) is 3.50. The van der Waals surface area contributed by atoms with Gasteiger partial charge in [-0.25, -0.2) is 9.97 Å². The standard InChI is InChI=1S/C14H14BrN3S/c1-8-12(16)17-13(9-2-3-9)18-14(8)19-11-6-4-10(15)5-7-11/h4-7,9H,2-3H2,1H3,(H2,16,17,18). The van der Waals surface area contributed by atoms with Crippen LogP contribution in [0.3, 0.4) is 0 Å². The summed E-state index contributed by atoms with van der Waals surface area (Å²) in [5.74, 6) is 2.03. The van der Waals surface area contributed by atoms with E-state index in [9.17, 15) is 0 Å². The molecule has 0 atom stereocenters. The van der Waals surface area contributed by atoms with Crippen LogP contribution in [0, 0.1) is 6.92 Å². The summed E-state index contributed by atoms with van der Waals surface area (Å²) in [6.45, 7) is 1.98. The van der Waals surface area contributed by atoms with Crippen molar-refractivity contribution in [1.82, 2.24) is 9.97 Å². The monoisotopic (exact) mass is 335 g/mol. The molecular formula is C14H14BrN3S. The lowest BCUT2D eigenvalue weighted by Crippen LogP contribution is -2.03. The summed E-state index contributed by atoms with van der Waals surface area (Å²) in [5.41, 5.74) is 6.96. The van der Waals surface area contributed by atoms with Crippen LogP contribution in [0.15, 0.2) is 38.7 Å². The van der Waals surface area contributed by atoms with Crippen molar-refractivity contribution < 1.29 is 0 Å². The Morgan fingerprint density at radius 1 is 1.21 bits per heavy atom. The van der Waals surface area contributed by atoms with Crippen LogP contribution in [0.1, 0.15) is 30.1 Å². The molecule has 0 spiro atoms. The number of rotatable bonds is 3. The van der Waals surface area contributed by atoms with Gasteiger partial charge in [-0.05, 0) is 44.0 Å². The van der Waals surface area contributed by atoms with Crippen molar-refractivity contribution in [1.29, 1.82) is 0 Å². The van der Waals surface area contributed by atoms with Crippen LogP contribution in [-0.2, 0) is 0 Å². The molecule has 0 bridgehead atoms. The van der Waals surface area contributed by atoms with E-state index in [4.69, 9.17) is 5.73 Å². The van der Waals surface area contributed by atoms with Crippen LogP contribution in [0.25, 0.3) is 0 Å². The van der Waals surface area contributed by atoms with Crippen LogP contribution >= 0.6 is 27.7 Å². The molecule has 1 saturated carbocycles. The van der Waals surface area contributed by atoms with Crippen molar-refractivity contribution in [2.24, 2.45) is 0 Å². The summed E-state index contributed by atoms with van der Waals surface area (Å²) in [6.07, 6.45) is 2.37. The molecule has 2 aromatic rings. The fourth-order valence-electron chi connectivity index (χ4n) is 1.77. The second kappa shape index (κ2) is 5.13. The third-order valence-electron chi connectivity index (χ3n) is 3.13. The molecule has 1 fully saturated rings. The van der Waals surface area contributed by atoms with Crippen molar-refractivity contribution in [2.45, 2.75) is 35.6 Å². The van der Waals surface area contributed by atoms with E-state index < -0.39 is 0 Å². The van der Waals surface area contributed by atoms with Gasteiger partial charge in [0.2, 0.25) is 0 Å². The molecule has 98 valence electrons. The van der Waals surface area contributed by atoms with E-state index in [1.54, 1.807) is 11.8 Å². The second-order valence-corrected chi connectivity index (χ2v) is 6.71. The Labute approximate surface area is 125 Å². The number of hydrogen-bond acceptors (Lipinski definition) is 4. The maximum atomic E-state index is 5.99. The van der Waals surface area contributed by atoms with Gasteiger partial charge in [0.05, 0.1) is 0 Å². The molecule has 3 rings (SSSR count). The van der Waals surface area contributed by atoms with Gasteiger partial charge in [-0.15, -0.1) is 0 Å². The molecule has 1 aromatic heterocycles. The molecule has 1 heterocycles. The van der Waals surface area contributed by atoms with Gasteiger partial charge >= 0.3 is 0 Å². The fourth-order valence-corrected chi connectivity index (χ4v) is 2.92. The third kappa shape index (κ3) is 2.92. The van der Waals surface area contributed by atoms with Crippen molar-refractivity contribution in [3.05, 3.63) is 40.1 Å². The molecule has 3 nitrogen and oxygen atoms in total. The van der Waals surface area contributed by atoms with Gasteiger partial charge in [0, 0.05) is 20.8 Å². The summed E-state index contributed by atoms with van der Waals surface area (Å²) < 4.78 is 1.08. The summed E-state index contributed by atoms with van der Waals surface area (Å²) in [5, 5.41) is 0.969. The molecule has 0 aliphatic heterocycles. The minimum absolute atomic E-state index is 0.521. The molecular weight excluding hydrogens is 322 g/mol. The van der Waals surface area contributed by atoms with Crippen molar-refractivity contribution in [2.75, 3.05) is 5.73 Å². The van der Waals surface area contributed by atoms with Gasteiger partial charge in [0.15, 0.2) is 0 Å². The highest BCUT2D eigenvalue weighted by molar-refractivity contribution is 9.10. The first-order valence-electron chi connectivity index (χ1n) is 6.21. The smallest absolute Gasteiger partial charge is 0.135 e. The topological polar surface area (TPSA) is 51.8 Å². The average Bonchev–Trinajstić information content (AvgIpc) is 3.21. The first-order valence-corrected chi connectivity index (χ1v) is 7.82. The highest BCUT2D eigenvalue weighted by Gasteiger charge is 2.28. The normalized spacial score (nSPS) is 14.6. The minimum Gasteiger partial charge on any atom is -0.383 e. The van der Waals surface area contributed by atoms with Gasteiger partial charge in [0.25, 0.3) is 0 Å². The maximum Gasteiger partial charge on any atom is 0.135 e. The minimum atomic E-state index is 0.521. The van der Waals surface area contributed by atoms with Gasteiger partial charge in [-0.1, -0.05) is 27.7 Å². The molecule has 2 N–H and O–H groups in total. The van der Waals surface area contributed by atoms with Crippen LogP contribution in [0.5, 0.6) is 0 Å². The summed E-state index contributed by atoms with van der Waals surface area (Å²) >= 11 is 5.09. The predicted molar refractivity (Wildman–Crippen MR) is 81.4 cm³/mol. The van der Waals surface area contributed by atoms with Gasteiger partial charge in [0.1, 0.15) is 16.7 Å². The molecule has 1 aromatic carbocycles. The SMILES string of the molecule is Cc1c(N)nc(C2CC2)nc1Sc1ccc(Br)cc1. The van der Waals surface area contributed by atoms with E-state index in [-0.39, 0.29) is 0 Å². The van der Waals surface area contributed by atoms with Crippen molar-refractivity contribution in [3.8, 4) is 0 Å². The number of nitrogens with zero attached hydrogens (tertiary/aromatic N) is 2. The van der Waals surface area contributed by atoms with Gasteiger partial charge in [-0.2, -0.15) is 0 Å². The lowest BCUT2D eigenvalue weighted by atomic mass is 10.3. The number of anilines is 1. The quantitative estimate of drug-likeness (QED) is 0.855. The van der Waals surface area contributed by atoms with E-state index in [0.29, 0.717) is 11.7 Å². The van der Waals surface area contributed by atoms with E-state index in [1.165, 1.54) is 12.8 Å². The number of aromatic nitrogens is 2. The maximum absolute atomic E-state index is 5.99. The number of nitrogen functional groups attached to an aromatic ring is 1. The molecule has 19 heavy (non-hydrogen) atoms. The van der Waals surface area contributed by atoms with Crippen molar-refractivity contribution in [3.63, 3.8) is 0 Å². The highest BCUT2D eigenvalue weighted by Crippen LogP contribution is 2.40. The van der Waals surface area contributed by atoms with E-state index in [1.807, 2.05) is 19.1 Å². The number of halogens is 1. The summed E-state index contributed by atoms with van der Waals surface area (Å²) in [7, 11) is 0. The molecule has 0 unspecified atom stereocenters. The average molecular weight is 336 g/mol. The Bertz CT molecular complexity index is 609. The molecule has 0 saturated heterocycles. The summed E-state index contributed by atoms with van der Waals surface area (Å²) in [4.78, 5) is 10.2. The molecule has 0 radical (unpaired) electrons. The highest BCUT2D eigenvalue weighted by atomic mass is 79.9. The largest absolute Gasteiger partial charge is 0.383 e. The first-order chi connectivity index (χ1) is 9.13. The Balaban J connectivity index is 1.92. The van der Waals surface area contributed by atoms with E-state index >= 15 is 0 Å². The first kappa shape index (κ1) is 12.9. The van der Waals surface area contributed by atoms with Gasteiger partial charge in [-0.3, -0.25) is 0 Å². The third-order valence-corrected chi connectivity index (χ3v) is 4.75. The molecule has 1 aliphatic carbocycles. The Hall–Kier alpha value is -1.07. The number of hydrogen-bond donors (Lipinski definition) is 1. The zero-order valence-electron chi connectivity index (χ0n) is 10.6. The molecule has 5 heteroatoms. The Morgan fingerprint density at radius 3 is 2.53 bits per heavy atom. The fraction of sp³-hybridized carbons (Fsp3) is 0.286. The van der Waals surface area contributed by atoms with E-state index in [0.717, 1.165) is 25.8 Å². The van der Waals surface area contributed by atoms with Crippen molar-refractivity contribution >= 4 is 33.5 Å². The lowest BCUT2D eigenvalue weighted by Gasteiger charge is -2.09. The van der Waals surface area contributed by atoms with Crippen LogP contribution < -0.4 is 5.73 Å². The Morgan fingerprint density at radius 2 is 1.89 bits per heavy atom. The lowest BCUT2D eigenvalue weighted by molar-refractivity contribution is 0.868. The zero-order valence-corrected chi connectivity index (χ0v) is 13.0. The molecule has 1 aliphatic rings. The predicted octanol–water partition coefficient (Wildman–Crippen LogP) is 4.16. The van der Waals surface area contributed by atoms with Crippen LogP contribution in [0.2, 0.25) is 0 Å². The second-order valence-electron chi connectivity index (χ2n) is 4.73. The van der Waals surface area contributed by atoms with Gasteiger partial charge < -0.3 is 5.73 Å². The zero-order chi connectivity index (χ0) is 13.4. The number of benzene rings is 1. The van der Waals surface area contributed by atoms with E-state index in [2.05, 4.69) is 38.0 Å². The van der Waals surface area contributed by atoms with Crippen LogP contribution in [-0.4, -0.2) is 9.97 Å². The summed E-state index contributed by atoms with van der Waals surface area (Å²) in [6, 6.07) is 8.21. The molecule has 0 amide bonds.